The molecule has 4 rings (SSSR count). The molecule has 3 aromatic rings. The monoisotopic (exact) mass is 325 g/mol. The summed E-state index contributed by atoms with van der Waals surface area (Å²) in [5.41, 5.74) is 3.18. The molecule has 1 aromatic carbocycles. The first-order valence-corrected chi connectivity index (χ1v) is 7.63. The molecule has 122 valence electrons. The van der Waals surface area contributed by atoms with E-state index in [9.17, 15) is 4.39 Å². The van der Waals surface area contributed by atoms with Gasteiger partial charge in [-0.25, -0.2) is 19.3 Å². The second-order valence-electron chi connectivity index (χ2n) is 5.67. The van der Waals surface area contributed by atoms with Crippen LogP contribution in [0.25, 0.3) is 0 Å². The lowest BCUT2D eigenvalue weighted by molar-refractivity contribution is 0.414. The third kappa shape index (κ3) is 2.58. The van der Waals surface area contributed by atoms with Crippen LogP contribution in [0.4, 0.5) is 10.3 Å². The minimum atomic E-state index is -0.440. The van der Waals surface area contributed by atoms with Gasteiger partial charge in [0.1, 0.15) is 5.75 Å². The lowest BCUT2D eigenvalue weighted by atomic mass is 9.91. The largest absolute Gasteiger partial charge is 0.497 e. The van der Waals surface area contributed by atoms with Crippen LogP contribution in [-0.2, 0) is 6.54 Å². The first-order valence-electron chi connectivity index (χ1n) is 7.63. The first kappa shape index (κ1) is 14.6. The van der Waals surface area contributed by atoms with Crippen molar-refractivity contribution in [3.05, 3.63) is 65.8 Å². The fourth-order valence-corrected chi connectivity index (χ4v) is 3.04. The highest BCUT2D eigenvalue weighted by Crippen LogP contribution is 2.33. The lowest BCUT2D eigenvalue weighted by Gasteiger charge is -2.32. The van der Waals surface area contributed by atoms with Crippen molar-refractivity contribution in [2.75, 3.05) is 18.6 Å². The van der Waals surface area contributed by atoms with E-state index in [0.717, 1.165) is 22.7 Å². The van der Waals surface area contributed by atoms with E-state index in [1.54, 1.807) is 13.4 Å². The number of benzene rings is 1. The summed E-state index contributed by atoms with van der Waals surface area (Å²) in [7, 11) is 1.65. The Morgan fingerprint density at radius 1 is 1.17 bits per heavy atom. The maximum atomic E-state index is 13.1. The van der Waals surface area contributed by atoms with Gasteiger partial charge in [0.25, 0.3) is 0 Å². The first-order chi connectivity index (χ1) is 11.7. The number of H-pyrrole nitrogens is 1. The molecule has 0 radical (unpaired) electrons. The Morgan fingerprint density at radius 2 is 1.92 bits per heavy atom. The van der Waals surface area contributed by atoms with Gasteiger partial charge in [-0.15, -0.1) is 0 Å². The van der Waals surface area contributed by atoms with Gasteiger partial charge in [-0.05, 0) is 17.7 Å². The summed E-state index contributed by atoms with van der Waals surface area (Å²) in [5, 5.41) is 0. The molecule has 1 N–H and O–H groups in total. The zero-order chi connectivity index (χ0) is 16.5. The molecule has 7 heteroatoms. The zero-order valence-electron chi connectivity index (χ0n) is 13.1. The summed E-state index contributed by atoms with van der Waals surface area (Å²) < 4.78 is 18.3. The number of imidazole rings is 1. The number of ether oxygens (including phenoxy) is 1. The van der Waals surface area contributed by atoms with E-state index in [0.29, 0.717) is 19.0 Å². The highest BCUT2D eigenvalue weighted by molar-refractivity contribution is 5.43. The molecule has 0 fully saturated rings. The molecule has 0 amide bonds. The number of nitrogens with one attached hydrogen (secondary N) is 1. The third-order valence-corrected chi connectivity index (χ3v) is 4.24. The van der Waals surface area contributed by atoms with Gasteiger partial charge < -0.3 is 14.6 Å². The maximum Gasteiger partial charge on any atom is 0.225 e. The second kappa shape index (κ2) is 5.92. The van der Waals surface area contributed by atoms with E-state index < -0.39 is 5.82 Å². The van der Waals surface area contributed by atoms with E-state index in [4.69, 9.17) is 4.74 Å². The molecule has 6 nitrogen and oxygen atoms in total. The number of rotatable bonds is 3. The van der Waals surface area contributed by atoms with Crippen molar-refractivity contribution < 1.29 is 9.13 Å². The van der Waals surface area contributed by atoms with E-state index in [1.165, 1.54) is 12.4 Å². The van der Waals surface area contributed by atoms with Gasteiger partial charge in [0.05, 0.1) is 43.8 Å². The van der Waals surface area contributed by atoms with Crippen LogP contribution < -0.4 is 9.64 Å². The third-order valence-electron chi connectivity index (χ3n) is 4.24. The van der Waals surface area contributed by atoms with E-state index in [2.05, 4.69) is 19.9 Å². The summed E-state index contributed by atoms with van der Waals surface area (Å²) in [6, 6.07) is 7.96. The van der Waals surface area contributed by atoms with Crippen LogP contribution in [-0.4, -0.2) is 33.6 Å². The number of aromatic nitrogens is 4. The topological polar surface area (TPSA) is 66.9 Å². The summed E-state index contributed by atoms with van der Waals surface area (Å²) >= 11 is 0. The molecule has 0 aliphatic carbocycles. The quantitative estimate of drug-likeness (QED) is 0.801. The van der Waals surface area contributed by atoms with Crippen LogP contribution in [0.15, 0.2) is 43.0 Å². The molecular formula is C17H16FN5O. The lowest BCUT2D eigenvalue weighted by Crippen LogP contribution is -2.35. The normalized spacial score (nSPS) is 16.8. The predicted octanol–water partition coefficient (Wildman–Crippen LogP) is 2.50. The van der Waals surface area contributed by atoms with E-state index >= 15 is 0 Å². The van der Waals surface area contributed by atoms with Crippen molar-refractivity contribution in [3.63, 3.8) is 0 Å². The molecule has 1 atom stereocenters. The van der Waals surface area contributed by atoms with Gasteiger partial charge in [-0.3, -0.25) is 0 Å². The van der Waals surface area contributed by atoms with Gasteiger partial charge in [0.2, 0.25) is 5.95 Å². The average Bonchev–Trinajstić information content (AvgIpc) is 3.10. The van der Waals surface area contributed by atoms with Crippen LogP contribution in [0.1, 0.15) is 22.9 Å². The van der Waals surface area contributed by atoms with Crippen molar-refractivity contribution >= 4 is 5.95 Å². The van der Waals surface area contributed by atoms with Crippen LogP contribution in [0, 0.1) is 5.82 Å². The van der Waals surface area contributed by atoms with Gasteiger partial charge in [0.15, 0.2) is 5.82 Å². The number of aromatic amines is 1. The molecule has 1 aliphatic heterocycles. The highest BCUT2D eigenvalue weighted by Gasteiger charge is 2.30. The van der Waals surface area contributed by atoms with Crippen molar-refractivity contribution in [3.8, 4) is 5.75 Å². The number of hydrogen-bond acceptors (Lipinski definition) is 5. The molecule has 3 heterocycles. The maximum absolute atomic E-state index is 13.1. The molecular weight excluding hydrogens is 309 g/mol. The van der Waals surface area contributed by atoms with Crippen LogP contribution in [0.5, 0.6) is 5.75 Å². The molecule has 0 saturated carbocycles. The van der Waals surface area contributed by atoms with Gasteiger partial charge in [0, 0.05) is 12.5 Å². The van der Waals surface area contributed by atoms with E-state index in [1.807, 2.05) is 29.2 Å². The molecule has 0 saturated heterocycles. The summed E-state index contributed by atoms with van der Waals surface area (Å²) in [6.45, 7) is 1.30. The highest BCUT2D eigenvalue weighted by atomic mass is 19.1. The smallest absolute Gasteiger partial charge is 0.225 e. The zero-order valence-corrected chi connectivity index (χ0v) is 13.1. The number of anilines is 1. The number of methoxy groups -OCH3 is 1. The number of fused-ring (bicyclic) bond motifs is 1. The Hall–Kier alpha value is -2.96. The van der Waals surface area contributed by atoms with Crippen molar-refractivity contribution in [2.45, 2.75) is 12.5 Å². The molecule has 0 bridgehead atoms. The van der Waals surface area contributed by atoms with Crippen LogP contribution in [0.2, 0.25) is 0 Å². The fourth-order valence-electron chi connectivity index (χ4n) is 3.04. The summed E-state index contributed by atoms with van der Waals surface area (Å²) in [5.74, 6) is 0.968. The number of hydrogen-bond donors (Lipinski definition) is 1. The average molecular weight is 325 g/mol. The standard InChI is InChI=1S/C17H16FN5O/c1-24-13-4-2-11(3-5-13)14-8-23(9-15-16(14)22-10-21-15)17-19-6-12(18)7-20-17/h2-7,10,14H,8-9H2,1H3,(H,21,22). The molecule has 1 aliphatic rings. The minimum Gasteiger partial charge on any atom is -0.497 e. The summed E-state index contributed by atoms with van der Waals surface area (Å²) in [4.78, 5) is 17.9. The Morgan fingerprint density at radius 3 is 2.62 bits per heavy atom. The van der Waals surface area contributed by atoms with E-state index in [-0.39, 0.29) is 5.92 Å². The Kier molecular flexibility index (Phi) is 3.60. The Bertz CT molecular complexity index is 831. The minimum absolute atomic E-state index is 0.0829. The Labute approximate surface area is 138 Å². The van der Waals surface area contributed by atoms with Crippen molar-refractivity contribution in [2.24, 2.45) is 0 Å². The molecule has 2 aromatic heterocycles. The number of halogens is 1. The summed E-state index contributed by atoms with van der Waals surface area (Å²) in [6.07, 6.45) is 4.08. The van der Waals surface area contributed by atoms with Gasteiger partial charge >= 0.3 is 0 Å². The van der Waals surface area contributed by atoms with Gasteiger partial charge in [-0.2, -0.15) is 0 Å². The Balaban J connectivity index is 1.69. The van der Waals surface area contributed by atoms with Crippen LogP contribution >= 0.6 is 0 Å². The van der Waals surface area contributed by atoms with Crippen molar-refractivity contribution in [1.82, 2.24) is 19.9 Å². The second-order valence-corrected chi connectivity index (χ2v) is 5.67. The van der Waals surface area contributed by atoms with Crippen LogP contribution in [0.3, 0.4) is 0 Å². The molecule has 0 spiro atoms. The van der Waals surface area contributed by atoms with Gasteiger partial charge in [-0.1, -0.05) is 12.1 Å². The van der Waals surface area contributed by atoms with Crippen molar-refractivity contribution in [1.29, 1.82) is 0 Å². The predicted molar refractivity (Wildman–Crippen MR) is 86.5 cm³/mol. The molecule has 24 heavy (non-hydrogen) atoms. The SMILES string of the molecule is COc1ccc(C2CN(c3ncc(F)cn3)Cc3[nH]cnc32)cc1. The number of nitrogens with zero attached hydrogens (tertiary/aromatic N) is 4. The fraction of sp³-hybridized carbons (Fsp3) is 0.235. The molecule has 1 unspecified atom stereocenters.